The summed E-state index contributed by atoms with van der Waals surface area (Å²) in [5.41, 5.74) is 1.78. The van der Waals surface area contributed by atoms with E-state index in [1.54, 1.807) is 17.0 Å². The first-order valence-corrected chi connectivity index (χ1v) is 8.46. The Balaban J connectivity index is 1.97. The fourth-order valence-corrected chi connectivity index (χ4v) is 2.77. The number of para-hydroxylation sites is 1. The number of carbonyl (C=O) groups is 1. The normalized spacial score (nSPS) is 11.2. The molecule has 2 aromatic rings. The van der Waals surface area contributed by atoms with Gasteiger partial charge in [0.05, 0.1) is 6.54 Å². The molecule has 0 aliphatic rings. The van der Waals surface area contributed by atoms with Crippen molar-refractivity contribution < 1.29 is 18.3 Å². The van der Waals surface area contributed by atoms with Crippen LogP contribution in [0.2, 0.25) is 0 Å². The van der Waals surface area contributed by atoms with Crippen LogP contribution in [-0.2, 0) is 11.3 Å². The van der Waals surface area contributed by atoms with Crippen LogP contribution in [0.25, 0.3) is 0 Å². The number of nitrogens with zero attached hydrogens (tertiary/aromatic N) is 2. The van der Waals surface area contributed by atoms with E-state index in [4.69, 9.17) is 0 Å². The first kappa shape index (κ1) is 19.8. The van der Waals surface area contributed by atoms with E-state index in [-0.39, 0.29) is 24.2 Å². The Kier molecular flexibility index (Phi) is 7.09. The Bertz CT molecular complexity index is 691. The first-order chi connectivity index (χ1) is 12.4. The fourth-order valence-electron chi connectivity index (χ4n) is 2.77. The summed E-state index contributed by atoms with van der Waals surface area (Å²) in [6.07, 6.45) is 0. The van der Waals surface area contributed by atoms with Gasteiger partial charge in [-0.2, -0.15) is 8.78 Å². The molecule has 2 aromatic carbocycles. The number of carbonyl (C=O) groups excluding carboxylic acids is 1. The second-order valence-electron chi connectivity index (χ2n) is 6.39. The lowest BCUT2D eigenvalue weighted by molar-refractivity contribution is -0.119. The summed E-state index contributed by atoms with van der Waals surface area (Å²) in [5.74, 6) is 0.129. The molecule has 6 heteroatoms. The molecule has 0 fully saturated rings. The van der Waals surface area contributed by atoms with Gasteiger partial charge in [0.2, 0.25) is 5.91 Å². The van der Waals surface area contributed by atoms with E-state index in [2.05, 4.69) is 4.74 Å². The van der Waals surface area contributed by atoms with Gasteiger partial charge in [0.1, 0.15) is 5.75 Å². The molecule has 0 atom stereocenters. The SMILES string of the molecule is CC(C)N(C(=O)CN(C)Cc1ccc(OC(F)F)cc1)c1ccccc1. The molecule has 0 saturated heterocycles. The molecule has 0 radical (unpaired) electrons. The highest BCUT2D eigenvalue weighted by Crippen LogP contribution is 2.18. The average Bonchev–Trinajstić information content (AvgIpc) is 2.57. The van der Waals surface area contributed by atoms with Crippen molar-refractivity contribution in [1.29, 1.82) is 0 Å². The zero-order valence-electron chi connectivity index (χ0n) is 15.2. The van der Waals surface area contributed by atoms with Crippen LogP contribution in [0.4, 0.5) is 14.5 Å². The van der Waals surface area contributed by atoms with Crippen molar-refractivity contribution in [2.45, 2.75) is 33.0 Å². The van der Waals surface area contributed by atoms with Gasteiger partial charge in [0.15, 0.2) is 0 Å². The van der Waals surface area contributed by atoms with E-state index in [0.717, 1.165) is 11.3 Å². The van der Waals surface area contributed by atoms with E-state index < -0.39 is 6.61 Å². The minimum Gasteiger partial charge on any atom is -0.435 e. The molecule has 0 bridgehead atoms. The van der Waals surface area contributed by atoms with Crippen LogP contribution < -0.4 is 9.64 Å². The van der Waals surface area contributed by atoms with Crippen molar-refractivity contribution in [1.82, 2.24) is 4.90 Å². The van der Waals surface area contributed by atoms with Crippen molar-refractivity contribution in [2.24, 2.45) is 0 Å². The Morgan fingerprint density at radius 1 is 1.04 bits per heavy atom. The van der Waals surface area contributed by atoms with Gasteiger partial charge in [-0.1, -0.05) is 30.3 Å². The van der Waals surface area contributed by atoms with Crippen LogP contribution in [0.15, 0.2) is 54.6 Å². The van der Waals surface area contributed by atoms with Gasteiger partial charge >= 0.3 is 6.61 Å². The summed E-state index contributed by atoms with van der Waals surface area (Å²) in [5, 5.41) is 0. The predicted octanol–water partition coefficient (Wildman–Crippen LogP) is 4.16. The number of anilines is 1. The van der Waals surface area contributed by atoms with Crippen molar-refractivity contribution in [3.63, 3.8) is 0 Å². The lowest BCUT2D eigenvalue weighted by Crippen LogP contribution is -2.42. The van der Waals surface area contributed by atoms with Crippen LogP contribution in [-0.4, -0.2) is 37.1 Å². The van der Waals surface area contributed by atoms with Crippen molar-refractivity contribution in [2.75, 3.05) is 18.5 Å². The summed E-state index contributed by atoms with van der Waals surface area (Å²) in [7, 11) is 1.85. The summed E-state index contributed by atoms with van der Waals surface area (Å²) in [4.78, 5) is 16.4. The molecular weight excluding hydrogens is 338 g/mol. The Morgan fingerprint density at radius 3 is 2.19 bits per heavy atom. The molecule has 0 aliphatic heterocycles. The quantitative estimate of drug-likeness (QED) is 0.707. The Hall–Kier alpha value is -2.47. The summed E-state index contributed by atoms with van der Waals surface area (Å²) < 4.78 is 28.7. The maximum Gasteiger partial charge on any atom is 0.387 e. The molecule has 0 unspecified atom stereocenters. The maximum absolute atomic E-state index is 12.7. The molecule has 0 heterocycles. The number of hydrogen-bond acceptors (Lipinski definition) is 3. The van der Waals surface area contributed by atoms with Gasteiger partial charge < -0.3 is 9.64 Å². The monoisotopic (exact) mass is 362 g/mol. The number of likely N-dealkylation sites (N-methyl/N-ethyl adjacent to an activating group) is 1. The Morgan fingerprint density at radius 2 is 1.65 bits per heavy atom. The van der Waals surface area contributed by atoms with E-state index in [1.807, 2.05) is 56.1 Å². The minimum absolute atomic E-state index is 0.00588. The van der Waals surface area contributed by atoms with Crippen LogP contribution in [0.3, 0.4) is 0 Å². The first-order valence-electron chi connectivity index (χ1n) is 8.46. The number of halogens is 2. The highest BCUT2D eigenvalue weighted by Gasteiger charge is 2.20. The number of alkyl halides is 2. The van der Waals surface area contributed by atoms with E-state index in [1.165, 1.54) is 12.1 Å². The van der Waals surface area contributed by atoms with Gasteiger partial charge in [0.25, 0.3) is 0 Å². The highest BCUT2D eigenvalue weighted by molar-refractivity contribution is 5.95. The fraction of sp³-hybridized carbons (Fsp3) is 0.350. The smallest absolute Gasteiger partial charge is 0.387 e. The van der Waals surface area contributed by atoms with Crippen LogP contribution in [0.5, 0.6) is 5.75 Å². The third-order valence-corrected chi connectivity index (χ3v) is 3.83. The molecule has 0 aliphatic carbocycles. The van der Waals surface area contributed by atoms with Crippen molar-refractivity contribution >= 4 is 11.6 Å². The van der Waals surface area contributed by atoms with Gasteiger partial charge in [-0.15, -0.1) is 0 Å². The molecule has 0 spiro atoms. The highest BCUT2D eigenvalue weighted by atomic mass is 19.3. The number of benzene rings is 2. The number of hydrogen-bond donors (Lipinski definition) is 0. The van der Waals surface area contributed by atoms with Gasteiger partial charge in [-0.05, 0) is 50.7 Å². The summed E-state index contributed by atoms with van der Waals surface area (Å²) >= 11 is 0. The van der Waals surface area contributed by atoms with Gasteiger partial charge in [-0.25, -0.2) is 0 Å². The molecule has 2 rings (SSSR count). The number of rotatable bonds is 8. The van der Waals surface area contributed by atoms with E-state index >= 15 is 0 Å². The largest absolute Gasteiger partial charge is 0.435 e. The lowest BCUT2D eigenvalue weighted by atomic mass is 10.2. The molecular formula is C20H24F2N2O2. The van der Waals surface area contributed by atoms with Crippen LogP contribution in [0.1, 0.15) is 19.4 Å². The topological polar surface area (TPSA) is 32.8 Å². The minimum atomic E-state index is -2.83. The predicted molar refractivity (Wildman–Crippen MR) is 98.5 cm³/mol. The second kappa shape index (κ2) is 9.29. The molecule has 0 aromatic heterocycles. The van der Waals surface area contributed by atoms with Crippen molar-refractivity contribution in [3.8, 4) is 5.75 Å². The lowest BCUT2D eigenvalue weighted by Gasteiger charge is -2.29. The molecule has 26 heavy (non-hydrogen) atoms. The summed E-state index contributed by atoms with van der Waals surface area (Å²) in [6.45, 7) is 1.91. The van der Waals surface area contributed by atoms with E-state index in [9.17, 15) is 13.6 Å². The average molecular weight is 362 g/mol. The molecule has 0 N–H and O–H groups in total. The third kappa shape index (κ3) is 5.81. The van der Waals surface area contributed by atoms with Crippen LogP contribution in [0, 0.1) is 0 Å². The zero-order valence-corrected chi connectivity index (χ0v) is 15.2. The van der Waals surface area contributed by atoms with Gasteiger partial charge in [0, 0.05) is 18.3 Å². The Labute approximate surface area is 153 Å². The number of ether oxygens (including phenoxy) is 1. The van der Waals surface area contributed by atoms with Crippen molar-refractivity contribution in [3.05, 3.63) is 60.2 Å². The molecule has 1 amide bonds. The zero-order chi connectivity index (χ0) is 19.1. The maximum atomic E-state index is 12.7. The number of amides is 1. The summed E-state index contributed by atoms with van der Waals surface area (Å²) in [6, 6.07) is 16.0. The molecule has 140 valence electrons. The standard InChI is InChI=1S/C20H24F2N2O2/c1-15(2)24(17-7-5-4-6-8-17)19(25)14-23(3)13-16-9-11-18(12-10-16)26-20(21)22/h4-12,15,20H,13-14H2,1-3H3. The molecule has 4 nitrogen and oxygen atoms in total. The van der Waals surface area contributed by atoms with Gasteiger partial charge in [-0.3, -0.25) is 9.69 Å². The van der Waals surface area contributed by atoms with E-state index in [0.29, 0.717) is 6.54 Å². The van der Waals surface area contributed by atoms with Crippen LogP contribution >= 0.6 is 0 Å². The second-order valence-corrected chi connectivity index (χ2v) is 6.39. The third-order valence-electron chi connectivity index (χ3n) is 3.83. The molecule has 0 saturated carbocycles.